The molecule has 0 aliphatic carbocycles. The van der Waals surface area contributed by atoms with E-state index < -0.39 is 20.7 Å². The number of rotatable bonds is 4. The van der Waals surface area contributed by atoms with Crippen molar-refractivity contribution in [2.24, 2.45) is 0 Å². The fourth-order valence-electron chi connectivity index (χ4n) is 1.63. The smallest absolute Gasteiger partial charge is 0.264 e. The minimum absolute atomic E-state index is 0.172. The van der Waals surface area contributed by atoms with Crippen molar-refractivity contribution in [3.05, 3.63) is 48.3 Å². The molecule has 2 aromatic carbocycles. The Morgan fingerprint density at radius 3 is 2.60 bits per heavy atom. The number of nitrogens with two attached hydrogens (primary N) is 1. The van der Waals surface area contributed by atoms with Crippen molar-refractivity contribution >= 4 is 33.2 Å². The van der Waals surface area contributed by atoms with E-state index in [2.05, 4.69) is 4.72 Å². The molecule has 0 saturated carbocycles. The molecule has 106 valence electrons. The van der Waals surface area contributed by atoms with Crippen molar-refractivity contribution in [3.8, 4) is 0 Å². The topological polar surface area (TPSA) is 72.2 Å². The first-order valence-electron chi connectivity index (χ1n) is 5.64. The molecule has 2 aromatic rings. The van der Waals surface area contributed by atoms with E-state index in [-0.39, 0.29) is 5.69 Å². The van der Waals surface area contributed by atoms with Gasteiger partial charge in [0.1, 0.15) is 10.7 Å². The molecular weight excluding hydrogens is 299 g/mol. The van der Waals surface area contributed by atoms with E-state index in [1.54, 1.807) is 18.2 Å². The maximum Gasteiger partial charge on any atom is 0.264 e. The van der Waals surface area contributed by atoms with Crippen molar-refractivity contribution in [2.75, 3.05) is 16.7 Å². The molecule has 0 amide bonds. The summed E-state index contributed by atoms with van der Waals surface area (Å²) in [6.45, 7) is 0. The number of nitrogen functional groups attached to an aromatic ring is 1. The molecule has 3 N–H and O–H groups in total. The number of sulfonamides is 1. The van der Waals surface area contributed by atoms with Gasteiger partial charge >= 0.3 is 0 Å². The van der Waals surface area contributed by atoms with Crippen LogP contribution in [-0.4, -0.2) is 14.7 Å². The summed E-state index contributed by atoms with van der Waals surface area (Å²) in [6.07, 6.45) is 1.88. The van der Waals surface area contributed by atoms with Gasteiger partial charge in [-0.2, -0.15) is 0 Å². The fourth-order valence-corrected chi connectivity index (χ4v) is 3.20. The van der Waals surface area contributed by atoms with E-state index in [1.165, 1.54) is 17.8 Å². The molecule has 0 bridgehead atoms. The molecular formula is C13H13FN2O2S2. The summed E-state index contributed by atoms with van der Waals surface area (Å²) in [6, 6.07) is 10.3. The van der Waals surface area contributed by atoms with Crippen LogP contribution in [0, 0.1) is 5.82 Å². The molecule has 0 unspecified atom stereocenters. The summed E-state index contributed by atoms with van der Waals surface area (Å²) in [5.41, 5.74) is 5.96. The van der Waals surface area contributed by atoms with E-state index in [0.29, 0.717) is 5.69 Å². The molecule has 0 saturated heterocycles. The lowest BCUT2D eigenvalue weighted by atomic mass is 10.3. The number of halogens is 1. The zero-order chi connectivity index (χ0) is 14.8. The highest BCUT2D eigenvalue weighted by molar-refractivity contribution is 7.98. The van der Waals surface area contributed by atoms with Gasteiger partial charge in [0.25, 0.3) is 10.0 Å². The minimum atomic E-state index is -3.98. The molecule has 7 heteroatoms. The third kappa shape index (κ3) is 3.23. The van der Waals surface area contributed by atoms with E-state index >= 15 is 0 Å². The zero-order valence-corrected chi connectivity index (χ0v) is 12.3. The third-order valence-electron chi connectivity index (χ3n) is 2.57. The predicted molar refractivity (Wildman–Crippen MR) is 79.8 cm³/mol. The van der Waals surface area contributed by atoms with Gasteiger partial charge in [0.05, 0.1) is 0 Å². The Kier molecular flexibility index (Phi) is 4.20. The monoisotopic (exact) mass is 312 g/mol. The number of hydrogen-bond donors (Lipinski definition) is 2. The van der Waals surface area contributed by atoms with Crippen LogP contribution >= 0.6 is 11.8 Å². The Bertz CT molecular complexity index is 733. The summed E-state index contributed by atoms with van der Waals surface area (Å²) < 4.78 is 40.3. The van der Waals surface area contributed by atoms with E-state index in [9.17, 15) is 12.8 Å². The van der Waals surface area contributed by atoms with Crippen molar-refractivity contribution in [2.45, 2.75) is 9.79 Å². The standard InChI is InChI=1S/C13H13FN2O2S2/c1-19-11-4-2-3-10(8-11)16-20(17,18)13-6-5-9(15)7-12(13)14/h2-8,16H,15H2,1H3. The summed E-state index contributed by atoms with van der Waals surface area (Å²) >= 11 is 1.48. The fraction of sp³-hybridized carbons (Fsp3) is 0.0769. The van der Waals surface area contributed by atoms with Crippen LogP contribution in [0.2, 0.25) is 0 Å². The predicted octanol–water partition coefficient (Wildman–Crippen LogP) is 2.93. The Hall–Kier alpha value is -1.73. The molecule has 0 aliphatic heterocycles. The zero-order valence-electron chi connectivity index (χ0n) is 10.6. The summed E-state index contributed by atoms with van der Waals surface area (Å²) in [7, 11) is -3.98. The van der Waals surface area contributed by atoms with Crippen LogP contribution < -0.4 is 10.5 Å². The number of benzene rings is 2. The van der Waals surface area contributed by atoms with E-state index in [0.717, 1.165) is 17.0 Å². The Balaban J connectivity index is 2.35. The van der Waals surface area contributed by atoms with Gasteiger partial charge in [-0.1, -0.05) is 6.07 Å². The Morgan fingerprint density at radius 1 is 1.20 bits per heavy atom. The van der Waals surface area contributed by atoms with Gasteiger partial charge in [0.2, 0.25) is 0 Å². The van der Waals surface area contributed by atoms with Crippen LogP contribution in [-0.2, 0) is 10.0 Å². The summed E-state index contributed by atoms with van der Waals surface area (Å²) in [5, 5.41) is 0. The minimum Gasteiger partial charge on any atom is -0.399 e. The SMILES string of the molecule is CSc1cccc(NS(=O)(=O)c2ccc(N)cc2F)c1. The first-order valence-corrected chi connectivity index (χ1v) is 8.35. The van der Waals surface area contributed by atoms with Crippen LogP contribution in [0.5, 0.6) is 0 Å². The lowest BCUT2D eigenvalue weighted by molar-refractivity contribution is 0.571. The average Bonchev–Trinajstić information content (AvgIpc) is 2.37. The second-order valence-electron chi connectivity index (χ2n) is 4.03. The molecule has 0 aromatic heterocycles. The van der Waals surface area contributed by atoms with Crippen molar-refractivity contribution in [3.63, 3.8) is 0 Å². The number of nitrogens with one attached hydrogen (secondary N) is 1. The van der Waals surface area contributed by atoms with Crippen LogP contribution in [0.25, 0.3) is 0 Å². The van der Waals surface area contributed by atoms with Gasteiger partial charge in [0, 0.05) is 16.3 Å². The van der Waals surface area contributed by atoms with Gasteiger partial charge in [-0.15, -0.1) is 11.8 Å². The second kappa shape index (κ2) is 5.72. The third-order valence-corrected chi connectivity index (χ3v) is 4.71. The maximum absolute atomic E-state index is 13.7. The summed E-state index contributed by atoms with van der Waals surface area (Å²) in [4.78, 5) is 0.476. The van der Waals surface area contributed by atoms with Gasteiger partial charge in [-0.25, -0.2) is 12.8 Å². The molecule has 4 nitrogen and oxygen atoms in total. The number of anilines is 2. The molecule has 0 heterocycles. The number of thioether (sulfide) groups is 1. The van der Waals surface area contributed by atoms with Crippen LogP contribution in [0.4, 0.5) is 15.8 Å². The van der Waals surface area contributed by atoms with Crippen molar-refractivity contribution in [1.29, 1.82) is 0 Å². The normalized spacial score (nSPS) is 11.3. The maximum atomic E-state index is 13.7. The highest BCUT2D eigenvalue weighted by Gasteiger charge is 2.19. The van der Waals surface area contributed by atoms with Crippen molar-refractivity contribution in [1.82, 2.24) is 0 Å². The lowest BCUT2D eigenvalue weighted by Gasteiger charge is -2.10. The second-order valence-corrected chi connectivity index (χ2v) is 6.56. The Morgan fingerprint density at radius 2 is 1.95 bits per heavy atom. The highest BCUT2D eigenvalue weighted by Crippen LogP contribution is 2.23. The van der Waals surface area contributed by atoms with Gasteiger partial charge < -0.3 is 5.73 Å². The molecule has 2 rings (SSSR count). The van der Waals surface area contributed by atoms with Crippen molar-refractivity contribution < 1.29 is 12.8 Å². The van der Waals surface area contributed by atoms with Crippen LogP contribution in [0.1, 0.15) is 0 Å². The van der Waals surface area contributed by atoms with E-state index in [4.69, 9.17) is 5.73 Å². The number of hydrogen-bond acceptors (Lipinski definition) is 4. The van der Waals surface area contributed by atoms with Gasteiger partial charge in [-0.3, -0.25) is 4.72 Å². The average molecular weight is 312 g/mol. The molecule has 0 fully saturated rings. The molecule has 0 atom stereocenters. The summed E-state index contributed by atoms with van der Waals surface area (Å²) in [5.74, 6) is -0.876. The Labute approximate surface area is 121 Å². The van der Waals surface area contributed by atoms with E-state index in [1.807, 2.05) is 12.3 Å². The van der Waals surface area contributed by atoms with Crippen LogP contribution in [0.15, 0.2) is 52.3 Å². The quantitative estimate of drug-likeness (QED) is 0.672. The molecule has 0 spiro atoms. The highest BCUT2D eigenvalue weighted by atomic mass is 32.2. The molecule has 20 heavy (non-hydrogen) atoms. The molecule has 0 aliphatic rings. The first kappa shape index (κ1) is 14.7. The first-order chi connectivity index (χ1) is 9.42. The van der Waals surface area contributed by atoms with Gasteiger partial charge in [0.15, 0.2) is 0 Å². The lowest BCUT2D eigenvalue weighted by Crippen LogP contribution is -2.14. The largest absolute Gasteiger partial charge is 0.399 e. The molecule has 0 radical (unpaired) electrons. The van der Waals surface area contributed by atoms with Gasteiger partial charge in [-0.05, 0) is 42.7 Å². The van der Waals surface area contributed by atoms with Crippen LogP contribution in [0.3, 0.4) is 0 Å².